The van der Waals surface area contributed by atoms with Gasteiger partial charge in [0.25, 0.3) is 0 Å². The second kappa shape index (κ2) is 6.39. The van der Waals surface area contributed by atoms with Gasteiger partial charge in [0.1, 0.15) is 0 Å². The zero-order valence-electron chi connectivity index (χ0n) is 12.2. The molecular weight excluding hydrogens is 294 g/mol. The maximum Gasteiger partial charge on any atom is 0.248 e. The van der Waals surface area contributed by atoms with Crippen LogP contribution in [0.25, 0.3) is 0 Å². The van der Waals surface area contributed by atoms with Gasteiger partial charge in [0.05, 0.1) is 0 Å². The summed E-state index contributed by atoms with van der Waals surface area (Å²) in [4.78, 5) is 2.27. The number of hydrogen-bond acceptors (Lipinski definition) is 2. The van der Waals surface area contributed by atoms with Gasteiger partial charge in [0.15, 0.2) is 0 Å². The third kappa shape index (κ3) is 3.60. The lowest BCUT2D eigenvalue weighted by Crippen LogP contribution is -2.38. The van der Waals surface area contributed by atoms with Crippen LogP contribution >= 0.6 is 12.4 Å². The van der Waals surface area contributed by atoms with E-state index in [9.17, 15) is 8.78 Å². The van der Waals surface area contributed by atoms with Gasteiger partial charge < -0.3 is 10.6 Å². The molecule has 2 N–H and O–H groups in total. The van der Waals surface area contributed by atoms with Crippen LogP contribution in [0.3, 0.4) is 0 Å². The molecule has 1 aliphatic carbocycles. The van der Waals surface area contributed by atoms with Crippen molar-refractivity contribution in [3.63, 3.8) is 0 Å². The monoisotopic (exact) mass is 316 g/mol. The van der Waals surface area contributed by atoms with Crippen molar-refractivity contribution in [2.45, 2.75) is 44.4 Å². The van der Waals surface area contributed by atoms with Crippen LogP contribution in [0.4, 0.5) is 20.2 Å². The second-order valence-corrected chi connectivity index (χ2v) is 6.21. The van der Waals surface area contributed by atoms with Crippen LogP contribution < -0.4 is 10.6 Å². The average molecular weight is 317 g/mol. The first-order valence-corrected chi connectivity index (χ1v) is 7.55. The highest BCUT2D eigenvalue weighted by Crippen LogP contribution is 2.39. The first-order chi connectivity index (χ1) is 9.55. The number of alkyl halides is 2. The Bertz CT molecular complexity index is 493. The molecule has 1 fully saturated rings. The van der Waals surface area contributed by atoms with Gasteiger partial charge in [-0.25, -0.2) is 8.78 Å². The van der Waals surface area contributed by atoms with Crippen molar-refractivity contribution in [3.8, 4) is 0 Å². The Morgan fingerprint density at radius 3 is 2.86 bits per heavy atom. The number of nitrogen functional groups attached to an aromatic ring is 1. The minimum atomic E-state index is -2.46. The molecule has 0 bridgehead atoms. The van der Waals surface area contributed by atoms with E-state index in [2.05, 4.69) is 11.0 Å². The van der Waals surface area contributed by atoms with Gasteiger partial charge in [0.2, 0.25) is 5.92 Å². The zero-order chi connectivity index (χ0) is 14.2. The summed E-state index contributed by atoms with van der Waals surface area (Å²) in [7, 11) is 0. The maximum absolute atomic E-state index is 13.5. The fraction of sp³-hybridized carbons (Fsp3) is 0.625. The lowest BCUT2D eigenvalue weighted by Gasteiger charge is -2.37. The lowest BCUT2D eigenvalue weighted by molar-refractivity contribution is -0.0511. The van der Waals surface area contributed by atoms with E-state index in [0.717, 1.165) is 43.7 Å². The van der Waals surface area contributed by atoms with Crippen molar-refractivity contribution in [2.75, 3.05) is 23.7 Å². The van der Waals surface area contributed by atoms with Gasteiger partial charge in [-0.1, -0.05) is 6.07 Å². The number of rotatable bonds is 2. The number of benzene rings is 1. The minimum absolute atomic E-state index is 0. The molecule has 5 heteroatoms. The minimum Gasteiger partial charge on any atom is -0.398 e. The average Bonchev–Trinajstić information content (AvgIpc) is 2.39. The molecule has 2 aliphatic rings. The molecule has 1 unspecified atom stereocenters. The molecule has 1 heterocycles. The first-order valence-electron chi connectivity index (χ1n) is 7.55. The summed E-state index contributed by atoms with van der Waals surface area (Å²) in [5, 5.41) is 0. The molecule has 1 aliphatic heterocycles. The molecule has 21 heavy (non-hydrogen) atoms. The van der Waals surface area contributed by atoms with Gasteiger partial charge in [-0.2, -0.15) is 0 Å². The maximum atomic E-state index is 13.5. The molecular formula is C16H23ClF2N2. The Balaban J connectivity index is 0.00000161. The molecule has 0 saturated heterocycles. The summed E-state index contributed by atoms with van der Waals surface area (Å²) in [6.07, 6.45) is 3.73. The molecule has 0 spiro atoms. The molecule has 2 nitrogen and oxygen atoms in total. The molecule has 0 radical (unpaired) electrons. The van der Waals surface area contributed by atoms with E-state index in [1.165, 1.54) is 5.56 Å². The topological polar surface area (TPSA) is 29.3 Å². The van der Waals surface area contributed by atoms with Crippen molar-refractivity contribution in [1.29, 1.82) is 0 Å². The van der Waals surface area contributed by atoms with Crippen LogP contribution in [0.15, 0.2) is 18.2 Å². The molecule has 3 rings (SSSR count). The number of fused-ring (bicyclic) bond motifs is 1. The van der Waals surface area contributed by atoms with Gasteiger partial charge >= 0.3 is 0 Å². The highest BCUT2D eigenvalue weighted by Gasteiger charge is 2.37. The van der Waals surface area contributed by atoms with E-state index in [-0.39, 0.29) is 31.2 Å². The summed E-state index contributed by atoms with van der Waals surface area (Å²) in [6, 6.07) is 5.96. The standard InChI is InChI=1S/C16H22F2N2.ClH/c17-16(18)8-2-4-12(10-16)11-20-9-3-5-13-14(19)6-1-7-15(13)20;/h1,6-7,12H,2-5,8-11,19H2;1H. The number of nitrogens with zero attached hydrogens (tertiary/aromatic N) is 1. The van der Waals surface area contributed by atoms with Crippen molar-refractivity contribution < 1.29 is 8.78 Å². The van der Waals surface area contributed by atoms with Gasteiger partial charge in [-0.3, -0.25) is 0 Å². The van der Waals surface area contributed by atoms with E-state index in [4.69, 9.17) is 5.73 Å². The molecule has 118 valence electrons. The summed E-state index contributed by atoms with van der Waals surface area (Å²) in [6.45, 7) is 1.70. The predicted octanol–water partition coefficient (Wildman–Crippen LogP) is 4.27. The van der Waals surface area contributed by atoms with Crippen LogP contribution in [-0.2, 0) is 6.42 Å². The van der Waals surface area contributed by atoms with Crippen molar-refractivity contribution in [3.05, 3.63) is 23.8 Å². The van der Waals surface area contributed by atoms with E-state index in [1.54, 1.807) is 0 Å². The third-order valence-electron chi connectivity index (χ3n) is 4.60. The second-order valence-electron chi connectivity index (χ2n) is 6.21. The largest absolute Gasteiger partial charge is 0.398 e. The van der Waals surface area contributed by atoms with E-state index in [1.807, 2.05) is 12.1 Å². The summed E-state index contributed by atoms with van der Waals surface area (Å²) < 4.78 is 27.1. The quantitative estimate of drug-likeness (QED) is 0.826. The van der Waals surface area contributed by atoms with Gasteiger partial charge in [-0.05, 0) is 49.3 Å². The van der Waals surface area contributed by atoms with E-state index >= 15 is 0 Å². The molecule has 1 aromatic rings. The number of hydrogen-bond donors (Lipinski definition) is 1. The van der Waals surface area contributed by atoms with Crippen molar-refractivity contribution in [2.24, 2.45) is 5.92 Å². The Labute approximate surface area is 131 Å². The normalized spacial score (nSPS) is 24.1. The van der Waals surface area contributed by atoms with Crippen molar-refractivity contribution >= 4 is 23.8 Å². The van der Waals surface area contributed by atoms with Gasteiger partial charge in [0, 0.05) is 37.3 Å². The number of nitrogens with two attached hydrogens (primary N) is 1. The zero-order valence-corrected chi connectivity index (χ0v) is 13.0. The summed E-state index contributed by atoms with van der Waals surface area (Å²) >= 11 is 0. The Hall–Kier alpha value is -1.03. The highest BCUT2D eigenvalue weighted by molar-refractivity contribution is 5.85. The Morgan fingerprint density at radius 2 is 2.10 bits per heavy atom. The first kappa shape index (κ1) is 16.3. The number of anilines is 2. The molecule has 1 aromatic carbocycles. The lowest BCUT2D eigenvalue weighted by atomic mass is 9.85. The Kier molecular flexibility index (Phi) is 4.97. The highest BCUT2D eigenvalue weighted by atomic mass is 35.5. The molecule has 1 atom stereocenters. The predicted molar refractivity (Wildman–Crippen MR) is 85.5 cm³/mol. The smallest absolute Gasteiger partial charge is 0.248 e. The fourth-order valence-corrected chi connectivity index (χ4v) is 3.66. The van der Waals surface area contributed by atoms with Crippen LogP contribution in [0.1, 0.15) is 37.7 Å². The van der Waals surface area contributed by atoms with E-state index in [0.29, 0.717) is 6.42 Å². The molecule has 0 aromatic heterocycles. The van der Waals surface area contributed by atoms with Crippen LogP contribution in [0.5, 0.6) is 0 Å². The third-order valence-corrected chi connectivity index (χ3v) is 4.60. The van der Waals surface area contributed by atoms with Gasteiger partial charge in [-0.15, -0.1) is 12.4 Å². The summed E-state index contributed by atoms with van der Waals surface area (Å²) in [5.41, 5.74) is 9.22. The molecule has 0 amide bonds. The van der Waals surface area contributed by atoms with Crippen LogP contribution in [0.2, 0.25) is 0 Å². The van der Waals surface area contributed by atoms with Crippen molar-refractivity contribution in [1.82, 2.24) is 0 Å². The van der Waals surface area contributed by atoms with E-state index < -0.39 is 5.92 Å². The fourth-order valence-electron chi connectivity index (χ4n) is 3.66. The Morgan fingerprint density at radius 1 is 1.29 bits per heavy atom. The summed E-state index contributed by atoms with van der Waals surface area (Å²) in [5.74, 6) is -2.36. The molecule has 1 saturated carbocycles. The van der Waals surface area contributed by atoms with Crippen LogP contribution in [0, 0.1) is 5.92 Å². The van der Waals surface area contributed by atoms with Crippen LogP contribution in [-0.4, -0.2) is 19.0 Å². The SMILES string of the molecule is Cl.Nc1cccc2c1CCCN2CC1CCCC(F)(F)C1. The number of halogens is 3.